The van der Waals surface area contributed by atoms with Crippen molar-refractivity contribution in [1.29, 1.82) is 0 Å². The van der Waals surface area contributed by atoms with E-state index in [4.69, 9.17) is 0 Å². The first-order valence-electron chi connectivity index (χ1n) is 5.82. The van der Waals surface area contributed by atoms with Crippen LogP contribution in [0.5, 0.6) is 0 Å². The fourth-order valence-corrected chi connectivity index (χ4v) is 2.02. The first-order chi connectivity index (χ1) is 8.91. The minimum atomic E-state index is -0.815. The van der Waals surface area contributed by atoms with Crippen LogP contribution in [0.4, 0.5) is 10.1 Å². The molecule has 1 heterocycles. The molecule has 0 aliphatic carbocycles. The molecule has 0 saturated carbocycles. The zero-order chi connectivity index (χ0) is 14.2. The molecule has 5 heteroatoms. The molecule has 0 N–H and O–H groups in total. The average molecular weight is 261 g/mol. The van der Waals surface area contributed by atoms with Crippen molar-refractivity contribution in [3.63, 3.8) is 0 Å². The topological polar surface area (TPSA) is 47.0 Å². The van der Waals surface area contributed by atoms with Crippen LogP contribution in [-0.2, 0) is 7.05 Å². The fraction of sp³-hybridized carbons (Fsp3) is 0.214. The largest absolute Gasteiger partial charge is 0.305 e. The molecule has 0 unspecified atom stereocenters. The van der Waals surface area contributed by atoms with Gasteiger partial charge in [0.25, 0.3) is 0 Å². The first-order valence-corrected chi connectivity index (χ1v) is 5.82. The highest BCUT2D eigenvalue weighted by Gasteiger charge is 2.17. The number of halogens is 1. The standard InChI is InChI=1S/C14H14FN2O2/c1-9-10(2)16(3)7-6-12(9)11-4-5-13(15)14(8-11)17(18)19/h4-8H,1-3H3/q+1. The second-order valence-corrected chi connectivity index (χ2v) is 4.47. The van der Waals surface area contributed by atoms with Crippen molar-refractivity contribution in [3.05, 3.63) is 57.7 Å². The summed E-state index contributed by atoms with van der Waals surface area (Å²) in [5.74, 6) is -0.815. The summed E-state index contributed by atoms with van der Waals surface area (Å²) < 4.78 is 15.3. The molecule has 19 heavy (non-hydrogen) atoms. The van der Waals surface area contributed by atoms with Crippen LogP contribution in [0.1, 0.15) is 11.3 Å². The van der Waals surface area contributed by atoms with Crippen LogP contribution in [0.25, 0.3) is 11.1 Å². The Balaban J connectivity index is 2.63. The third-order valence-corrected chi connectivity index (χ3v) is 3.39. The molecule has 1 aromatic carbocycles. The monoisotopic (exact) mass is 261 g/mol. The Bertz CT molecular complexity index is 669. The van der Waals surface area contributed by atoms with Crippen LogP contribution in [0.15, 0.2) is 30.5 Å². The molecule has 0 bridgehead atoms. The van der Waals surface area contributed by atoms with Gasteiger partial charge in [-0.1, -0.05) is 6.07 Å². The molecule has 2 aromatic rings. The van der Waals surface area contributed by atoms with E-state index in [9.17, 15) is 14.5 Å². The van der Waals surface area contributed by atoms with Crippen molar-refractivity contribution in [2.24, 2.45) is 7.05 Å². The lowest BCUT2D eigenvalue weighted by Crippen LogP contribution is -2.32. The summed E-state index contributed by atoms with van der Waals surface area (Å²) in [5, 5.41) is 10.8. The van der Waals surface area contributed by atoms with Gasteiger partial charge in [-0.3, -0.25) is 10.1 Å². The lowest BCUT2D eigenvalue weighted by Gasteiger charge is -2.07. The third kappa shape index (κ3) is 2.31. The number of nitro groups is 1. The number of aryl methyl sites for hydroxylation is 1. The quantitative estimate of drug-likeness (QED) is 0.474. The summed E-state index contributed by atoms with van der Waals surface area (Å²) >= 11 is 0. The van der Waals surface area contributed by atoms with E-state index >= 15 is 0 Å². The van der Waals surface area contributed by atoms with Gasteiger partial charge < -0.3 is 0 Å². The number of rotatable bonds is 2. The highest BCUT2D eigenvalue weighted by Crippen LogP contribution is 2.28. The number of pyridine rings is 1. The number of aromatic nitrogens is 1. The molecule has 0 saturated heterocycles. The molecule has 1 aromatic heterocycles. The number of nitro benzene ring substituents is 1. The van der Waals surface area contributed by atoms with Crippen molar-refractivity contribution in [3.8, 4) is 11.1 Å². The van der Waals surface area contributed by atoms with Gasteiger partial charge in [-0.15, -0.1) is 0 Å². The van der Waals surface area contributed by atoms with Crippen LogP contribution in [0.3, 0.4) is 0 Å². The van der Waals surface area contributed by atoms with E-state index < -0.39 is 16.4 Å². The molecule has 0 amide bonds. The van der Waals surface area contributed by atoms with Gasteiger partial charge in [0.2, 0.25) is 5.82 Å². The van der Waals surface area contributed by atoms with Crippen LogP contribution in [0, 0.1) is 29.8 Å². The molecule has 4 nitrogen and oxygen atoms in total. The Hall–Kier alpha value is -2.30. The second kappa shape index (κ2) is 4.76. The Labute approximate surface area is 110 Å². The van der Waals surface area contributed by atoms with Crippen LogP contribution < -0.4 is 4.57 Å². The zero-order valence-corrected chi connectivity index (χ0v) is 11.0. The van der Waals surface area contributed by atoms with Gasteiger partial charge in [-0.25, -0.2) is 4.57 Å². The molecule has 0 atom stereocenters. The maximum absolute atomic E-state index is 13.3. The molecule has 0 radical (unpaired) electrons. The lowest BCUT2D eigenvalue weighted by molar-refractivity contribution is -0.677. The Morgan fingerprint density at radius 2 is 1.95 bits per heavy atom. The van der Waals surface area contributed by atoms with Gasteiger partial charge in [0.15, 0.2) is 11.9 Å². The van der Waals surface area contributed by atoms with Crippen LogP contribution in [0.2, 0.25) is 0 Å². The molecule has 98 valence electrons. The van der Waals surface area contributed by atoms with Crippen LogP contribution >= 0.6 is 0 Å². The summed E-state index contributed by atoms with van der Waals surface area (Å²) in [6, 6.07) is 5.84. The second-order valence-electron chi connectivity index (χ2n) is 4.47. The normalized spacial score (nSPS) is 10.5. The van der Waals surface area contributed by atoms with Gasteiger partial charge in [0.05, 0.1) is 4.92 Å². The zero-order valence-electron chi connectivity index (χ0n) is 11.0. The van der Waals surface area contributed by atoms with E-state index in [1.165, 1.54) is 6.07 Å². The Morgan fingerprint density at radius 3 is 2.58 bits per heavy atom. The van der Waals surface area contributed by atoms with Crippen molar-refractivity contribution in [1.82, 2.24) is 0 Å². The molecule has 0 fully saturated rings. The minimum Gasteiger partial charge on any atom is -0.258 e. The van der Waals surface area contributed by atoms with E-state index in [1.807, 2.05) is 37.7 Å². The van der Waals surface area contributed by atoms with Gasteiger partial charge in [0.1, 0.15) is 7.05 Å². The number of hydrogen-bond acceptors (Lipinski definition) is 2. The van der Waals surface area contributed by atoms with Crippen LogP contribution in [-0.4, -0.2) is 4.92 Å². The molecular formula is C14H14FN2O2+. The van der Waals surface area contributed by atoms with Crippen molar-refractivity contribution in [2.75, 3.05) is 0 Å². The van der Waals surface area contributed by atoms with E-state index in [0.29, 0.717) is 5.56 Å². The van der Waals surface area contributed by atoms with E-state index in [1.54, 1.807) is 6.07 Å². The SMILES string of the molecule is Cc1c(-c2ccc(F)c([N+](=O)[O-])c2)cc[n+](C)c1C. The summed E-state index contributed by atoms with van der Waals surface area (Å²) in [7, 11) is 1.93. The Kier molecular flexibility index (Phi) is 3.29. The van der Waals surface area contributed by atoms with E-state index in [0.717, 1.165) is 22.9 Å². The van der Waals surface area contributed by atoms with Gasteiger partial charge in [-0.2, -0.15) is 4.39 Å². The van der Waals surface area contributed by atoms with Crippen molar-refractivity contribution < 1.29 is 13.9 Å². The van der Waals surface area contributed by atoms with E-state index in [2.05, 4.69) is 0 Å². The number of hydrogen-bond donors (Lipinski definition) is 0. The molecule has 0 aliphatic rings. The molecule has 0 aliphatic heterocycles. The van der Waals surface area contributed by atoms with Crippen molar-refractivity contribution >= 4 is 5.69 Å². The number of nitrogens with zero attached hydrogens (tertiary/aromatic N) is 2. The summed E-state index contributed by atoms with van der Waals surface area (Å²) in [6.45, 7) is 3.91. The smallest absolute Gasteiger partial charge is 0.258 e. The maximum Gasteiger partial charge on any atom is 0.305 e. The van der Waals surface area contributed by atoms with Gasteiger partial charge >= 0.3 is 5.69 Å². The fourth-order valence-electron chi connectivity index (χ4n) is 2.02. The summed E-state index contributed by atoms with van der Waals surface area (Å²) in [6.07, 6.45) is 1.88. The van der Waals surface area contributed by atoms with Gasteiger partial charge in [-0.05, 0) is 24.1 Å². The summed E-state index contributed by atoms with van der Waals surface area (Å²) in [5.41, 5.74) is 3.10. The maximum atomic E-state index is 13.3. The molecule has 2 rings (SSSR count). The lowest BCUT2D eigenvalue weighted by atomic mass is 9.99. The summed E-state index contributed by atoms with van der Waals surface area (Å²) in [4.78, 5) is 10.1. The highest BCUT2D eigenvalue weighted by atomic mass is 19.1. The molecule has 0 spiro atoms. The van der Waals surface area contributed by atoms with Crippen molar-refractivity contribution in [2.45, 2.75) is 13.8 Å². The van der Waals surface area contributed by atoms with E-state index in [-0.39, 0.29) is 0 Å². The average Bonchev–Trinajstić information content (AvgIpc) is 2.37. The third-order valence-electron chi connectivity index (χ3n) is 3.39. The van der Waals surface area contributed by atoms with Gasteiger partial charge in [0, 0.05) is 24.6 Å². The predicted octanol–water partition coefficient (Wildman–Crippen LogP) is 2.84. The predicted molar refractivity (Wildman–Crippen MR) is 69.1 cm³/mol. The Morgan fingerprint density at radius 1 is 1.26 bits per heavy atom. The minimum absolute atomic E-state index is 0.497. The first kappa shape index (κ1) is 13.1. The highest BCUT2D eigenvalue weighted by molar-refractivity contribution is 5.69. The molecular weight excluding hydrogens is 247 g/mol. The number of benzene rings is 1.